The Morgan fingerprint density at radius 3 is 2.50 bits per heavy atom. The lowest BCUT2D eigenvalue weighted by Gasteiger charge is -2.16. The number of rotatable bonds is 5. The first kappa shape index (κ1) is 18.7. The third-order valence-corrected chi connectivity index (χ3v) is 5.74. The first-order chi connectivity index (χ1) is 12.6. The van der Waals surface area contributed by atoms with Crippen molar-refractivity contribution in [2.75, 3.05) is 13.1 Å². The molecule has 0 unspecified atom stereocenters. The number of nitrogens with zero attached hydrogens (tertiary/aromatic N) is 1. The number of carbonyl (C=O) groups is 3. The maximum Gasteiger partial charge on any atom is 0.293 e. The fraction of sp³-hybridized carbons (Fsp3) is 0.450. The van der Waals surface area contributed by atoms with Crippen molar-refractivity contribution in [3.8, 4) is 0 Å². The molecule has 1 aliphatic heterocycles. The maximum absolute atomic E-state index is 12.4. The molecule has 0 bridgehead atoms. The predicted octanol–water partition coefficient (Wildman–Crippen LogP) is 3.81. The standard InChI is InChI=1S/C20H24N2O3S/c23-18(16-10-6-1-2-7-11-16)21-12-13-22-19(24)17(26-20(22)25)14-15-8-4-3-5-9-15/h3-5,8-9,14,16H,1-2,6-7,10-13H2,(H,21,23). The number of hydrogen-bond acceptors (Lipinski definition) is 4. The zero-order valence-electron chi connectivity index (χ0n) is 14.8. The van der Waals surface area contributed by atoms with E-state index in [1.54, 1.807) is 6.08 Å². The molecule has 1 saturated carbocycles. The number of imide groups is 1. The third kappa shape index (κ3) is 4.75. The topological polar surface area (TPSA) is 66.5 Å². The molecule has 3 rings (SSSR count). The van der Waals surface area contributed by atoms with Crippen LogP contribution in [0.4, 0.5) is 4.79 Å². The van der Waals surface area contributed by atoms with Gasteiger partial charge in [0.25, 0.3) is 11.1 Å². The van der Waals surface area contributed by atoms with Crippen molar-refractivity contribution in [3.63, 3.8) is 0 Å². The summed E-state index contributed by atoms with van der Waals surface area (Å²) in [7, 11) is 0. The molecule has 1 aromatic rings. The Morgan fingerprint density at radius 1 is 1.12 bits per heavy atom. The van der Waals surface area contributed by atoms with Gasteiger partial charge in [0, 0.05) is 19.0 Å². The number of nitrogens with one attached hydrogen (secondary N) is 1. The summed E-state index contributed by atoms with van der Waals surface area (Å²) in [5, 5.41) is 2.62. The van der Waals surface area contributed by atoms with E-state index in [-0.39, 0.29) is 29.5 Å². The Balaban J connectivity index is 1.52. The molecule has 26 heavy (non-hydrogen) atoms. The van der Waals surface area contributed by atoms with Crippen LogP contribution in [0, 0.1) is 5.92 Å². The van der Waals surface area contributed by atoms with Gasteiger partial charge in [-0.3, -0.25) is 19.3 Å². The van der Waals surface area contributed by atoms with Crippen LogP contribution in [0.5, 0.6) is 0 Å². The normalized spacial score (nSPS) is 20.5. The lowest BCUT2D eigenvalue weighted by Crippen LogP contribution is -2.39. The number of hydrogen-bond donors (Lipinski definition) is 1. The number of benzene rings is 1. The van der Waals surface area contributed by atoms with Gasteiger partial charge in [0.05, 0.1) is 4.91 Å². The van der Waals surface area contributed by atoms with Gasteiger partial charge < -0.3 is 5.32 Å². The largest absolute Gasteiger partial charge is 0.354 e. The van der Waals surface area contributed by atoms with Crippen molar-refractivity contribution >= 4 is 34.9 Å². The zero-order chi connectivity index (χ0) is 18.4. The summed E-state index contributed by atoms with van der Waals surface area (Å²) >= 11 is 0.952. The van der Waals surface area contributed by atoms with Crippen LogP contribution in [0.25, 0.3) is 6.08 Å². The minimum absolute atomic E-state index is 0.0544. The van der Waals surface area contributed by atoms with Gasteiger partial charge in [-0.1, -0.05) is 56.0 Å². The van der Waals surface area contributed by atoms with E-state index >= 15 is 0 Å². The minimum atomic E-state index is -0.285. The second kappa shape index (κ2) is 9.03. The van der Waals surface area contributed by atoms with Gasteiger partial charge in [-0.2, -0.15) is 0 Å². The zero-order valence-corrected chi connectivity index (χ0v) is 15.6. The van der Waals surface area contributed by atoms with Crippen molar-refractivity contribution in [1.29, 1.82) is 0 Å². The quantitative estimate of drug-likeness (QED) is 0.630. The third-order valence-electron chi connectivity index (χ3n) is 4.83. The molecule has 1 saturated heterocycles. The highest BCUT2D eigenvalue weighted by molar-refractivity contribution is 8.18. The van der Waals surface area contributed by atoms with Gasteiger partial charge >= 0.3 is 0 Å². The van der Waals surface area contributed by atoms with Crippen LogP contribution >= 0.6 is 11.8 Å². The molecule has 1 N–H and O–H groups in total. The van der Waals surface area contributed by atoms with Crippen molar-refractivity contribution in [1.82, 2.24) is 10.2 Å². The highest BCUT2D eigenvalue weighted by Gasteiger charge is 2.34. The Bertz CT molecular complexity index is 694. The van der Waals surface area contributed by atoms with Crippen LogP contribution in [0.15, 0.2) is 35.2 Å². The molecule has 0 aromatic heterocycles. The molecule has 0 spiro atoms. The Kier molecular flexibility index (Phi) is 6.50. The smallest absolute Gasteiger partial charge is 0.293 e. The van der Waals surface area contributed by atoms with Gasteiger partial charge in [0.1, 0.15) is 0 Å². The summed E-state index contributed by atoms with van der Waals surface area (Å²) in [6, 6.07) is 9.46. The van der Waals surface area contributed by atoms with Gasteiger partial charge in [0.15, 0.2) is 0 Å². The van der Waals surface area contributed by atoms with Gasteiger partial charge in [0.2, 0.25) is 5.91 Å². The van der Waals surface area contributed by atoms with Crippen molar-refractivity contribution < 1.29 is 14.4 Å². The fourth-order valence-corrected chi connectivity index (χ4v) is 4.24. The van der Waals surface area contributed by atoms with E-state index in [0.717, 1.165) is 43.0 Å². The van der Waals surface area contributed by atoms with Crippen LogP contribution in [0.2, 0.25) is 0 Å². The van der Waals surface area contributed by atoms with Crippen LogP contribution in [0.1, 0.15) is 44.1 Å². The van der Waals surface area contributed by atoms with Crippen LogP contribution in [-0.4, -0.2) is 35.0 Å². The molecule has 138 valence electrons. The Labute approximate surface area is 158 Å². The molecule has 6 heteroatoms. The molecule has 2 fully saturated rings. The Hall–Kier alpha value is -2.08. The number of amides is 3. The van der Waals surface area contributed by atoms with E-state index in [2.05, 4.69) is 5.32 Å². The monoisotopic (exact) mass is 372 g/mol. The van der Waals surface area contributed by atoms with Gasteiger partial charge in [-0.15, -0.1) is 0 Å². The average Bonchev–Trinajstić information content (AvgIpc) is 2.85. The first-order valence-electron chi connectivity index (χ1n) is 9.23. The summed E-state index contributed by atoms with van der Waals surface area (Å²) in [5.74, 6) is -0.156. The van der Waals surface area contributed by atoms with Crippen LogP contribution < -0.4 is 5.32 Å². The van der Waals surface area contributed by atoms with E-state index in [1.165, 1.54) is 17.7 Å². The van der Waals surface area contributed by atoms with E-state index in [0.29, 0.717) is 11.4 Å². The maximum atomic E-state index is 12.4. The molecule has 1 heterocycles. The van der Waals surface area contributed by atoms with Crippen molar-refractivity contribution in [3.05, 3.63) is 40.8 Å². The van der Waals surface area contributed by atoms with Crippen molar-refractivity contribution in [2.45, 2.75) is 38.5 Å². The highest BCUT2D eigenvalue weighted by atomic mass is 32.2. The molecule has 0 radical (unpaired) electrons. The summed E-state index contributed by atoms with van der Waals surface area (Å²) in [6.45, 7) is 0.529. The fourth-order valence-electron chi connectivity index (χ4n) is 3.37. The van der Waals surface area contributed by atoms with E-state index in [1.807, 2.05) is 30.3 Å². The lowest BCUT2D eigenvalue weighted by molar-refractivity contribution is -0.126. The van der Waals surface area contributed by atoms with Crippen LogP contribution in [-0.2, 0) is 9.59 Å². The second-order valence-electron chi connectivity index (χ2n) is 6.72. The summed E-state index contributed by atoms with van der Waals surface area (Å²) in [4.78, 5) is 38.5. The lowest BCUT2D eigenvalue weighted by atomic mass is 9.99. The molecule has 2 aliphatic rings. The second-order valence-corrected chi connectivity index (χ2v) is 7.72. The average molecular weight is 372 g/mol. The highest BCUT2D eigenvalue weighted by Crippen LogP contribution is 2.31. The predicted molar refractivity (Wildman–Crippen MR) is 103 cm³/mol. The number of carbonyl (C=O) groups excluding carboxylic acids is 3. The summed E-state index contributed by atoms with van der Waals surface area (Å²) in [6.07, 6.45) is 8.22. The SMILES string of the molecule is O=C(NCCN1C(=O)SC(=Cc2ccccc2)C1=O)C1CCCCCC1. The minimum Gasteiger partial charge on any atom is -0.354 e. The summed E-state index contributed by atoms with van der Waals surface area (Å²) < 4.78 is 0. The molecular weight excluding hydrogens is 348 g/mol. The number of thioether (sulfide) groups is 1. The molecule has 0 atom stereocenters. The molecular formula is C20H24N2O3S. The van der Waals surface area contributed by atoms with E-state index < -0.39 is 0 Å². The molecule has 1 aliphatic carbocycles. The van der Waals surface area contributed by atoms with Gasteiger partial charge in [-0.25, -0.2) is 0 Å². The summed E-state index contributed by atoms with van der Waals surface area (Å²) in [5.41, 5.74) is 0.889. The van der Waals surface area contributed by atoms with E-state index in [9.17, 15) is 14.4 Å². The molecule has 5 nitrogen and oxygen atoms in total. The van der Waals surface area contributed by atoms with E-state index in [4.69, 9.17) is 0 Å². The molecule has 1 aromatic carbocycles. The first-order valence-corrected chi connectivity index (χ1v) is 10.0. The van der Waals surface area contributed by atoms with Crippen molar-refractivity contribution in [2.24, 2.45) is 5.92 Å². The van der Waals surface area contributed by atoms with Crippen LogP contribution in [0.3, 0.4) is 0 Å². The van der Waals surface area contributed by atoms with Gasteiger partial charge in [-0.05, 0) is 36.2 Å². The Morgan fingerprint density at radius 2 is 1.81 bits per heavy atom. The molecule has 3 amide bonds.